The Labute approximate surface area is 211 Å². The van der Waals surface area contributed by atoms with Crippen LogP contribution >= 0.6 is 0 Å². The van der Waals surface area contributed by atoms with Gasteiger partial charge >= 0.3 is 0 Å². The van der Waals surface area contributed by atoms with Crippen molar-refractivity contribution >= 4 is 32.7 Å². The molecule has 176 valence electrons. The third kappa shape index (κ3) is 2.65. The van der Waals surface area contributed by atoms with Crippen LogP contribution < -0.4 is 4.57 Å². The van der Waals surface area contributed by atoms with Crippen molar-refractivity contribution in [2.45, 2.75) is 40.0 Å². The van der Waals surface area contributed by atoms with Crippen LogP contribution in [0.5, 0.6) is 0 Å². The van der Waals surface area contributed by atoms with Gasteiger partial charge in [0.2, 0.25) is 5.69 Å². The van der Waals surface area contributed by atoms with Crippen LogP contribution in [-0.2, 0) is 12.5 Å². The first-order chi connectivity index (χ1) is 17.3. The Hall–Kier alpha value is -3.91. The molecule has 2 heteroatoms. The first-order valence-electron chi connectivity index (χ1n) is 12.8. The third-order valence-electron chi connectivity index (χ3n) is 8.51. The number of aryl methyl sites for hydroxylation is 3. The Morgan fingerprint density at radius 3 is 2.39 bits per heavy atom. The van der Waals surface area contributed by atoms with Gasteiger partial charge in [-0.05, 0) is 77.7 Å². The van der Waals surface area contributed by atoms with E-state index in [0.717, 1.165) is 11.2 Å². The van der Waals surface area contributed by atoms with E-state index < -0.39 is 0 Å². The Morgan fingerprint density at radius 1 is 0.750 bits per heavy atom. The molecule has 0 amide bonds. The lowest BCUT2D eigenvalue weighted by atomic mass is 9.80. The molecule has 0 aliphatic heterocycles. The highest BCUT2D eigenvalue weighted by molar-refractivity contribution is 6.13. The lowest BCUT2D eigenvalue weighted by molar-refractivity contribution is -0.659. The highest BCUT2D eigenvalue weighted by atomic mass is 16.3. The molecular formula is C34H30NO+. The van der Waals surface area contributed by atoms with Crippen molar-refractivity contribution in [2.24, 2.45) is 7.05 Å². The van der Waals surface area contributed by atoms with E-state index in [-0.39, 0.29) is 5.41 Å². The zero-order valence-corrected chi connectivity index (χ0v) is 21.8. The van der Waals surface area contributed by atoms with Gasteiger partial charge in [-0.3, -0.25) is 0 Å². The number of benzene rings is 4. The van der Waals surface area contributed by atoms with Crippen molar-refractivity contribution in [2.75, 3.05) is 0 Å². The quantitative estimate of drug-likeness (QED) is 0.221. The van der Waals surface area contributed by atoms with Crippen molar-refractivity contribution in [1.29, 1.82) is 0 Å². The minimum atomic E-state index is -0.0641. The van der Waals surface area contributed by atoms with Crippen LogP contribution in [0.2, 0.25) is 0 Å². The maximum Gasteiger partial charge on any atom is 0.224 e. The van der Waals surface area contributed by atoms with E-state index >= 15 is 0 Å². The second kappa shape index (κ2) is 7.07. The zero-order valence-electron chi connectivity index (χ0n) is 21.8. The molecule has 36 heavy (non-hydrogen) atoms. The van der Waals surface area contributed by atoms with Gasteiger partial charge in [0.05, 0.1) is 10.9 Å². The number of aromatic nitrogens is 1. The van der Waals surface area contributed by atoms with Gasteiger partial charge in [-0.1, -0.05) is 61.9 Å². The molecule has 0 bridgehead atoms. The summed E-state index contributed by atoms with van der Waals surface area (Å²) in [7, 11) is 2.15. The number of para-hydroxylation sites is 1. The maximum absolute atomic E-state index is 6.56. The molecule has 1 aliphatic rings. The van der Waals surface area contributed by atoms with Crippen molar-refractivity contribution in [1.82, 2.24) is 0 Å². The number of hydrogen-bond donors (Lipinski definition) is 0. The summed E-state index contributed by atoms with van der Waals surface area (Å²) in [6, 6.07) is 24.5. The average Bonchev–Trinajstić information content (AvgIpc) is 3.32. The van der Waals surface area contributed by atoms with Crippen molar-refractivity contribution < 1.29 is 8.98 Å². The van der Waals surface area contributed by atoms with E-state index in [1.165, 1.54) is 71.7 Å². The van der Waals surface area contributed by atoms with Crippen LogP contribution in [0, 0.1) is 20.8 Å². The smallest absolute Gasteiger partial charge is 0.224 e. The van der Waals surface area contributed by atoms with Gasteiger partial charge < -0.3 is 4.42 Å². The Bertz CT molecular complexity index is 1900. The molecule has 2 heterocycles. The van der Waals surface area contributed by atoms with Crippen LogP contribution in [0.4, 0.5) is 0 Å². The number of rotatable bonds is 1. The molecule has 4 aromatic carbocycles. The molecule has 0 saturated heterocycles. The van der Waals surface area contributed by atoms with Crippen LogP contribution in [0.3, 0.4) is 0 Å². The Balaban J connectivity index is 1.62. The summed E-state index contributed by atoms with van der Waals surface area (Å²) in [5, 5.41) is 4.95. The van der Waals surface area contributed by atoms with E-state index in [2.05, 4.69) is 113 Å². The van der Waals surface area contributed by atoms with Crippen LogP contribution in [0.25, 0.3) is 55.1 Å². The highest BCUT2D eigenvalue weighted by Crippen LogP contribution is 2.52. The third-order valence-corrected chi connectivity index (χ3v) is 8.51. The van der Waals surface area contributed by atoms with Gasteiger partial charge in [-0.25, -0.2) is 4.57 Å². The second-order valence-corrected chi connectivity index (χ2v) is 11.1. The Kier molecular flexibility index (Phi) is 4.20. The summed E-state index contributed by atoms with van der Waals surface area (Å²) in [6.45, 7) is 11.4. The number of nitrogens with zero attached hydrogens (tertiary/aromatic N) is 1. The summed E-state index contributed by atoms with van der Waals surface area (Å²) in [5.74, 6) is 0. The standard InChI is InChI=1S/C34H30NO/c1-19-11-14-28-26(17-19)23-12-13-25-24(31(23)34(28,4)5)15-16-35(6)32(25)30-21(3)20(2)18-27-22-9-7-8-10-29(22)36-33(27)30/h7-18H,1-6H3/q+1. The molecule has 0 atom stereocenters. The minimum absolute atomic E-state index is 0.0641. The van der Waals surface area contributed by atoms with Gasteiger partial charge in [-0.15, -0.1) is 0 Å². The number of furan rings is 1. The molecule has 6 aromatic rings. The molecular weight excluding hydrogens is 438 g/mol. The lowest BCUT2D eigenvalue weighted by Gasteiger charge is -2.23. The molecule has 0 N–H and O–H groups in total. The van der Waals surface area contributed by atoms with Crippen molar-refractivity contribution in [3.05, 3.63) is 101 Å². The van der Waals surface area contributed by atoms with Gasteiger partial charge in [0.1, 0.15) is 18.2 Å². The molecule has 0 unspecified atom stereocenters. The van der Waals surface area contributed by atoms with E-state index in [1.54, 1.807) is 0 Å². The van der Waals surface area contributed by atoms with Crippen LogP contribution in [0.15, 0.2) is 77.3 Å². The van der Waals surface area contributed by atoms with Crippen molar-refractivity contribution in [3.8, 4) is 22.4 Å². The largest absolute Gasteiger partial charge is 0.455 e. The molecule has 2 nitrogen and oxygen atoms in total. The predicted octanol–water partition coefficient (Wildman–Crippen LogP) is 8.46. The second-order valence-electron chi connectivity index (χ2n) is 11.1. The monoisotopic (exact) mass is 468 g/mol. The Morgan fingerprint density at radius 2 is 1.56 bits per heavy atom. The average molecular weight is 469 g/mol. The van der Waals surface area contributed by atoms with E-state index in [1.807, 2.05) is 6.07 Å². The van der Waals surface area contributed by atoms with E-state index in [9.17, 15) is 0 Å². The van der Waals surface area contributed by atoms with E-state index in [4.69, 9.17) is 4.42 Å². The summed E-state index contributed by atoms with van der Waals surface area (Å²) in [5.41, 5.74) is 13.7. The minimum Gasteiger partial charge on any atom is -0.455 e. The highest BCUT2D eigenvalue weighted by Gasteiger charge is 2.38. The van der Waals surface area contributed by atoms with E-state index in [0.29, 0.717) is 0 Å². The maximum atomic E-state index is 6.56. The molecule has 0 spiro atoms. The fourth-order valence-corrected chi connectivity index (χ4v) is 6.59. The topological polar surface area (TPSA) is 17.0 Å². The summed E-state index contributed by atoms with van der Waals surface area (Å²) < 4.78 is 8.83. The summed E-state index contributed by atoms with van der Waals surface area (Å²) in [6.07, 6.45) is 2.22. The van der Waals surface area contributed by atoms with Gasteiger partial charge in [0, 0.05) is 22.3 Å². The van der Waals surface area contributed by atoms with Gasteiger partial charge in [-0.2, -0.15) is 0 Å². The predicted molar refractivity (Wildman–Crippen MR) is 150 cm³/mol. The fraction of sp³-hybridized carbons (Fsp3) is 0.206. The molecule has 0 fully saturated rings. The van der Waals surface area contributed by atoms with Crippen LogP contribution in [0.1, 0.15) is 41.7 Å². The lowest BCUT2D eigenvalue weighted by Crippen LogP contribution is -2.31. The number of pyridine rings is 1. The molecule has 0 radical (unpaired) electrons. The SMILES string of the molecule is Cc1ccc2c(c1)-c1ccc3c(-c4c(C)c(C)cc5c4oc4ccccc45)[n+](C)ccc3c1C2(C)C. The molecule has 2 aromatic heterocycles. The first kappa shape index (κ1) is 21.4. The van der Waals surface area contributed by atoms with Gasteiger partial charge in [0.15, 0.2) is 6.20 Å². The van der Waals surface area contributed by atoms with Crippen molar-refractivity contribution in [3.63, 3.8) is 0 Å². The number of hydrogen-bond acceptors (Lipinski definition) is 1. The normalized spacial score (nSPS) is 14.1. The summed E-state index contributed by atoms with van der Waals surface area (Å²) in [4.78, 5) is 0. The molecule has 1 aliphatic carbocycles. The molecule has 0 saturated carbocycles. The number of fused-ring (bicyclic) bond motifs is 8. The molecule has 7 rings (SSSR count). The first-order valence-corrected chi connectivity index (χ1v) is 12.8. The summed E-state index contributed by atoms with van der Waals surface area (Å²) >= 11 is 0. The fourth-order valence-electron chi connectivity index (χ4n) is 6.59. The van der Waals surface area contributed by atoms with Crippen LogP contribution in [-0.4, -0.2) is 0 Å². The zero-order chi connectivity index (χ0) is 24.9. The van der Waals surface area contributed by atoms with Gasteiger partial charge in [0.25, 0.3) is 0 Å².